The van der Waals surface area contributed by atoms with Gasteiger partial charge in [0.15, 0.2) is 0 Å². The molecule has 4 rings (SSSR count). The lowest BCUT2D eigenvalue weighted by atomic mass is 9.89. The monoisotopic (exact) mass is 441 g/mol. The van der Waals surface area contributed by atoms with Crippen molar-refractivity contribution in [3.63, 3.8) is 0 Å². The third-order valence-electron chi connectivity index (χ3n) is 6.19. The molecule has 0 amide bonds. The maximum Gasteiger partial charge on any atom is 0.144 e. The highest BCUT2D eigenvalue weighted by molar-refractivity contribution is 5.85. The summed E-state index contributed by atoms with van der Waals surface area (Å²) in [6.07, 6.45) is 4.62. The van der Waals surface area contributed by atoms with Crippen LogP contribution in [0.1, 0.15) is 36.6 Å². The van der Waals surface area contributed by atoms with E-state index < -0.39 is 0 Å². The number of rotatable bonds is 7. The lowest BCUT2D eigenvalue weighted by Crippen LogP contribution is -2.42. The summed E-state index contributed by atoms with van der Waals surface area (Å²) in [5, 5.41) is 0. The predicted molar refractivity (Wildman–Crippen MR) is 137 cm³/mol. The van der Waals surface area contributed by atoms with Crippen LogP contribution in [0.25, 0.3) is 11.3 Å². The number of nitrogens with two attached hydrogens (primary N) is 1. The fourth-order valence-corrected chi connectivity index (χ4v) is 4.52. The van der Waals surface area contributed by atoms with Gasteiger partial charge in [0.25, 0.3) is 0 Å². The first-order chi connectivity index (χ1) is 16.0. The van der Waals surface area contributed by atoms with Crippen molar-refractivity contribution < 1.29 is 14.0 Å². The van der Waals surface area contributed by atoms with Gasteiger partial charge < -0.3 is 15.2 Å². The van der Waals surface area contributed by atoms with Gasteiger partial charge in [-0.15, -0.1) is 0 Å². The van der Waals surface area contributed by atoms with Gasteiger partial charge in [-0.25, -0.2) is 0 Å². The molecule has 2 N–H and O–H groups in total. The van der Waals surface area contributed by atoms with Crippen molar-refractivity contribution in [2.24, 2.45) is 0 Å². The minimum absolute atomic E-state index is 0.0509. The Morgan fingerprint density at radius 2 is 1.39 bits per heavy atom. The Balaban J connectivity index is 1.93. The Hall–Kier alpha value is -3.50. The van der Waals surface area contributed by atoms with Crippen LogP contribution in [0.5, 0.6) is 11.5 Å². The summed E-state index contributed by atoms with van der Waals surface area (Å²) in [5.41, 5.74) is 12.5. The maximum atomic E-state index is 6.04. The lowest BCUT2D eigenvalue weighted by Gasteiger charge is -2.41. The molecular formula is C29H33N2O2+. The van der Waals surface area contributed by atoms with Crippen molar-refractivity contribution in [1.82, 2.24) is 0 Å². The van der Waals surface area contributed by atoms with Gasteiger partial charge in [0.05, 0.1) is 38.4 Å². The molecule has 3 aromatic rings. The van der Waals surface area contributed by atoms with E-state index >= 15 is 0 Å². The van der Waals surface area contributed by atoms with Gasteiger partial charge in [-0.3, -0.25) is 4.48 Å². The van der Waals surface area contributed by atoms with Crippen LogP contribution >= 0.6 is 0 Å². The average molecular weight is 442 g/mol. The molecule has 33 heavy (non-hydrogen) atoms. The number of likely N-dealkylation sites (N-methyl/N-ethyl adjacent to an activating group) is 1. The van der Waals surface area contributed by atoms with Crippen LogP contribution in [-0.4, -0.2) is 31.8 Å². The van der Waals surface area contributed by atoms with Crippen LogP contribution < -0.4 is 15.2 Å². The number of nitrogens with zero attached hydrogens (tertiary/aromatic N) is 1. The topological polar surface area (TPSA) is 44.5 Å². The zero-order valence-electron chi connectivity index (χ0n) is 19.9. The number of hydrogen-bond donors (Lipinski definition) is 1. The van der Waals surface area contributed by atoms with E-state index in [1.54, 1.807) is 0 Å². The highest BCUT2D eigenvalue weighted by atomic mass is 16.5. The van der Waals surface area contributed by atoms with Crippen LogP contribution in [0.4, 0.5) is 5.69 Å². The zero-order chi connectivity index (χ0) is 23.4. The number of allylic oxidation sites excluding steroid dienone is 2. The number of para-hydroxylation sites is 2. The van der Waals surface area contributed by atoms with Crippen LogP contribution in [0.3, 0.4) is 0 Å². The largest absolute Gasteiger partial charge is 0.493 e. The van der Waals surface area contributed by atoms with Crippen LogP contribution in [0, 0.1) is 0 Å². The summed E-state index contributed by atoms with van der Waals surface area (Å²) in [7, 11) is 4.50. The second kappa shape index (κ2) is 9.55. The number of benzene rings is 3. The van der Waals surface area contributed by atoms with Crippen LogP contribution in [0.2, 0.25) is 0 Å². The van der Waals surface area contributed by atoms with Crippen LogP contribution in [-0.2, 0) is 0 Å². The second-order valence-electron chi connectivity index (χ2n) is 8.66. The molecule has 0 saturated heterocycles. The summed E-state index contributed by atoms with van der Waals surface area (Å²) in [6.45, 7) is 5.29. The summed E-state index contributed by atoms with van der Waals surface area (Å²) in [5.74, 6) is 1.82. The van der Waals surface area contributed by atoms with E-state index in [0.29, 0.717) is 17.7 Å². The molecule has 0 aromatic heterocycles. The first kappa shape index (κ1) is 22.7. The van der Waals surface area contributed by atoms with Crippen molar-refractivity contribution in [3.8, 4) is 11.5 Å². The predicted octanol–water partition coefficient (Wildman–Crippen LogP) is 6.32. The highest BCUT2D eigenvalue weighted by Gasteiger charge is 2.39. The number of hydrogen-bond acceptors (Lipinski definition) is 3. The van der Waals surface area contributed by atoms with E-state index in [1.165, 1.54) is 5.70 Å². The molecule has 4 nitrogen and oxygen atoms in total. The molecule has 0 saturated carbocycles. The molecule has 0 spiro atoms. The maximum absolute atomic E-state index is 6.04. The molecule has 4 heteroatoms. The van der Waals surface area contributed by atoms with E-state index in [4.69, 9.17) is 15.2 Å². The molecule has 0 bridgehead atoms. The highest BCUT2D eigenvalue weighted by Crippen LogP contribution is 2.47. The number of anilines is 1. The van der Waals surface area contributed by atoms with Gasteiger partial charge in [-0.2, -0.15) is 0 Å². The number of quaternary nitrogens is 1. The van der Waals surface area contributed by atoms with Gasteiger partial charge in [-0.05, 0) is 67.5 Å². The van der Waals surface area contributed by atoms with Gasteiger partial charge in [-0.1, -0.05) is 36.4 Å². The molecule has 1 aliphatic rings. The van der Waals surface area contributed by atoms with E-state index in [2.05, 4.69) is 68.7 Å². The number of ether oxygens (including phenoxy) is 2. The smallest absolute Gasteiger partial charge is 0.144 e. The van der Waals surface area contributed by atoms with Gasteiger partial charge in [0.2, 0.25) is 0 Å². The minimum Gasteiger partial charge on any atom is -0.493 e. The molecule has 0 aliphatic carbocycles. The van der Waals surface area contributed by atoms with Gasteiger partial charge in [0.1, 0.15) is 23.2 Å². The van der Waals surface area contributed by atoms with E-state index in [1.807, 2.05) is 44.2 Å². The Bertz CT molecular complexity index is 1180. The molecule has 1 atom stereocenters. The first-order valence-electron chi connectivity index (χ1n) is 11.5. The first-order valence-corrected chi connectivity index (χ1v) is 11.5. The Morgan fingerprint density at radius 1 is 0.788 bits per heavy atom. The van der Waals surface area contributed by atoms with Crippen LogP contribution in [0.15, 0.2) is 84.9 Å². The fourth-order valence-electron chi connectivity index (χ4n) is 4.52. The summed E-state index contributed by atoms with van der Waals surface area (Å²) in [6, 6.07) is 24.8. The quantitative estimate of drug-likeness (QED) is 0.345. The van der Waals surface area contributed by atoms with Crippen molar-refractivity contribution >= 4 is 17.0 Å². The van der Waals surface area contributed by atoms with Gasteiger partial charge >= 0.3 is 0 Å². The third-order valence-corrected chi connectivity index (χ3v) is 6.19. The molecular weight excluding hydrogens is 408 g/mol. The molecule has 1 unspecified atom stereocenters. The minimum atomic E-state index is 0.0509. The van der Waals surface area contributed by atoms with E-state index in [9.17, 15) is 0 Å². The lowest BCUT2D eigenvalue weighted by molar-refractivity contribution is -0.844. The van der Waals surface area contributed by atoms with Crippen molar-refractivity contribution in [3.05, 3.63) is 102 Å². The van der Waals surface area contributed by atoms with Gasteiger partial charge in [0, 0.05) is 11.8 Å². The Morgan fingerprint density at radius 3 is 2.09 bits per heavy atom. The van der Waals surface area contributed by atoms with Crippen molar-refractivity contribution in [2.75, 3.05) is 33.0 Å². The fraction of sp³-hybridized carbons (Fsp3) is 0.241. The Kier molecular flexibility index (Phi) is 6.57. The van der Waals surface area contributed by atoms with Crippen molar-refractivity contribution in [1.29, 1.82) is 0 Å². The van der Waals surface area contributed by atoms with E-state index in [0.717, 1.165) is 39.4 Å². The average Bonchev–Trinajstić information content (AvgIpc) is 2.81. The molecule has 0 fully saturated rings. The third kappa shape index (κ3) is 4.53. The summed E-state index contributed by atoms with van der Waals surface area (Å²) >= 11 is 0. The number of nitrogen functional groups attached to an aromatic ring is 1. The van der Waals surface area contributed by atoms with Crippen molar-refractivity contribution in [2.45, 2.75) is 19.9 Å². The molecule has 1 heterocycles. The molecule has 3 aromatic carbocycles. The normalized spacial score (nSPS) is 17.2. The zero-order valence-corrected chi connectivity index (χ0v) is 19.9. The molecule has 1 aliphatic heterocycles. The van der Waals surface area contributed by atoms with E-state index in [-0.39, 0.29) is 6.04 Å². The molecule has 0 radical (unpaired) electrons. The summed E-state index contributed by atoms with van der Waals surface area (Å²) in [4.78, 5) is 0. The standard InChI is InChI=1S/C29H33N2O2/c1-5-32-28-13-9-7-11-24(28)26-19-22(21-15-17-23(30)18-16-21)20-27(31(26,3)4)25-12-8-10-14-29(25)33-6-2/h7-20,26H,5-6,30H2,1-4H3/q+1. The SMILES string of the molecule is CCOc1ccccc1C1=CC(c2ccc(N)cc2)=CC(c2ccccc2OCC)[N+]1(C)C. The summed E-state index contributed by atoms with van der Waals surface area (Å²) < 4.78 is 12.7. The molecule has 170 valence electrons. The Labute approximate surface area is 197 Å². The second-order valence-corrected chi connectivity index (χ2v) is 8.66.